The summed E-state index contributed by atoms with van der Waals surface area (Å²) in [4.78, 5) is 16.0. The molecule has 6 nitrogen and oxygen atoms in total. The molecular weight excluding hydrogens is 230 g/mol. The van der Waals surface area contributed by atoms with Gasteiger partial charge >= 0.3 is 0 Å². The number of hydrogen-bond donors (Lipinski definition) is 1. The molecule has 0 saturated carbocycles. The largest absolute Gasteiger partial charge is 0.397 e. The lowest BCUT2D eigenvalue weighted by molar-refractivity contribution is 0.494. The van der Waals surface area contributed by atoms with Crippen molar-refractivity contribution >= 4 is 5.69 Å². The minimum atomic E-state index is -0.0833. The molecule has 0 fully saturated rings. The number of nitrogens with two attached hydrogens (primary N) is 1. The number of pyridine rings is 1. The molecule has 0 spiro atoms. The number of rotatable bonds is 3. The van der Waals surface area contributed by atoms with Crippen molar-refractivity contribution in [1.29, 1.82) is 0 Å². The average molecular weight is 247 g/mol. The van der Waals surface area contributed by atoms with E-state index < -0.39 is 0 Å². The molecule has 6 heteroatoms. The summed E-state index contributed by atoms with van der Waals surface area (Å²) in [6.45, 7) is 6.23. The molecule has 0 aliphatic heterocycles. The number of nitrogen functional groups attached to an aromatic ring is 1. The van der Waals surface area contributed by atoms with Crippen molar-refractivity contribution in [2.45, 2.75) is 33.4 Å². The Kier molecular flexibility index (Phi) is 3.18. The molecule has 2 heterocycles. The number of nitrogens with zero attached hydrogens (tertiary/aromatic N) is 4. The molecular formula is C12H17N5O. The van der Waals surface area contributed by atoms with Crippen LogP contribution in [-0.4, -0.2) is 19.3 Å². The molecule has 2 aromatic heterocycles. The quantitative estimate of drug-likeness (QED) is 0.876. The summed E-state index contributed by atoms with van der Waals surface area (Å²) in [6, 6.07) is 1.74. The Morgan fingerprint density at radius 1 is 1.44 bits per heavy atom. The molecule has 0 atom stereocenters. The van der Waals surface area contributed by atoms with E-state index in [0.717, 1.165) is 11.4 Å². The normalized spacial score (nSPS) is 11.1. The highest BCUT2D eigenvalue weighted by Gasteiger charge is 2.09. The number of hydrogen-bond acceptors (Lipinski definition) is 4. The summed E-state index contributed by atoms with van der Waals surface area (Å²) in [7, 11) is 0. The maximum absolute atomic E-state index is 11.8. The van der Waals surface area contributed by atoms with Crippen LogP contribution in [0.4, 0.5) is 5.69 Å². The summed E-state index contributed by atoms with van der Waals surface area (Å²) in [5.41, 5.74) is 7.13. The van der Waals surface area contributed by atoms with Gasteiger partial charge in [0.05, 0.1) is 12.2 Å². The minimum Gasteiger partial charge on any atom is -0.397 e. The maximum Gasteiger partial charge on any atom is 0.251 e. The lowest BCUT2D eigenvalue weighted by Gasteiger charge is -2.11. The van der Waals surface area contributed by atoms with Gasteiger partial charge in [-0.2, -0.15) is 5.10 Å². The van der Waals surface area contributed by atoms with Gasteiger partial charge in [-0.25, -0.2) is 9.67 Å². The van der Waals surface area contributed by atoms with Gasteiger partial charge in [0.15, 0.2) is 0 Å². The maximum atomic E-state index is 11.8. The highest BCUT2D eigenvalue weighted by molar-refractivity contribution is 5.43. The van der Waals surface area contributed by atoms with Crippen LogP contribution in [0.15, 0.2) is 23.4 Å². The second-order valence-electron chi connectivity index (χ2n) is 4.59. The van der Waals surface area contributed by atoms with Crippen molar-refractivity contribution in [2.24, 2.45) is 0 Å². The summed E-state index contributed by atoms with van der Waals surface area (Å²) >= 11 is 0. The molecule has 0 unspecified atom stereocenters. The summed E-state index contributed by atoms with van der Waals surface area (Å²) in [6.07, 6.45) is 3.15. The fourth-order valence-corrected chi connectivity index (χ4v) is 1.78. The number of aromatic nitrogens is 4. The first-order chi connectivity index (χ1) is 8.49. The van der Waals surface area contributed by atoms with Crippen LogP contribution in [0.5, 0.6) is 0 Å². The first kappa shape index (κ1) is 12.3. The van der Waals surface area contributed by atoms with Crippen LogP contribution >= 0.6 is 0 Å². The molecule has 18 heavy (non-hydrogen) atoms. The van der Waals surface area contributed by atoms with E-state index in [4.69, 9.17) is 5.73 Å². The fraction of sp³-hybridized carbons (Fsp3) is 0.417. The molecule has 0 bridgehead atoms. The monoisotopic (exact) mass is 247 g/mol. The molecule has 0 aliphatic carbocycles. The Hall–Kier alpha value is -2.11. The molecule has 0 amide bonds. The SMILES string of the molecule is Cc1cc(=O)n(Cc2ncnn2C(C)C)cc1N. The molecule has 0 saturated heterocycles. The Labute approximate surface area is 105 Å². The van der Waals surface area contributed by atoms with E-state index in [0.29, 0.717) is 12.2 Å². The van der Waals surface area contributed by atoms with Crippen LogP contribution in [0.3, 0.4) is 0 Å². The zero-order valence-electron chi connectivity index (χ0n) is 10.8. The third-order valence-electron chi connectivity index (χ3n) is 2.82. The van der Waals surface area contributed by atoms with Gasteiger partial charge in [0.25, 0.3) is 5.56 Å². The molecule has 2 aromatic rings. The number of anilines is 1. The van der Waals surface area contributed by atoms with Crippen LogP contribution in [0.1, 0.15) is 31.3 Å². The topological polar surface area (TPSA) is 78.7 Å². The van der Waals surface area contributed by atoms with E-state index in [1.807, 2.05) is 20.8 Å². The van der Waals surface area contributed by atoms with Gasteiger partial charge in [-0.15, -0.1) is 0 Å². The van der Waals surface area contributed by atoms with Crippen LogP contribution in [0.25, 0.3) is 0 Å². The summed E-state index contributed by atoms with van der Waals surface area (Å²) in [5, 5.41) is 4.14. The standard InChI is InChI=1S/C12H17N5O/c1-8(2)17-11(14-7-15-17)6-16-5-10(13)9(3)4-12(16)18/h4-5,7-8H,6,13H2,1-3H3. The Bertz CT molecular complexity index is 611. The predicted octanol–water partition coefficient (Wildman–Crippen LogP) is 0.960. The van der Waals surface area contributed by atoms with Gasteiger partial charge in [-0.05, 0) is 26.3 Å². The van der Waals surface area contributed by atoms with Crippen molar-refractivity contribution in [3.63, 3.8) is 0 Å². The zero-order chi connectivity index (χ0) is 13.3. The van der Waals surface area contributed by atoms with Crippen LogP contribution in [-0.2, 0) is 6.54 Å². The van der Waals surface area contributed by atoms with Gasteiger partial charge in [-0.3, -0.25) is 4.79 Å². The average Bonchev–Trinajstić information content (AvgIpc) is 2.74. The van der Waals surface area contributed by atoms with E-state index in [2.05, 4.69) is 10.1 Å². The molecule has 0 radical (unpaired) electrons. The third kappa shape index (κ3) is 2.27. The van der Waals surface area contributed by atoms with E-state index in [9.17, 15) is 4.79 Å². The van der Waals surface area contributed by atoms with Gasteiger partial charge in [0.2, 0.25) is 0 Å². The Morgan fingerprint density at radius 2 is 2.17 bits per heavy atom. The van der Waals surface area contributed by atoms with Crippen LogP contribution < -0.4 is 11.3 Å². The molecule has 0 aliphatic rings. The van der Waals surface area contributed by atoms with Gasteiger partial charge in [0.1, 0.15) is 12.2 Å². The first-order valence-corrected chi connectivity index (χ1v) is 5.84. The van der Waals surface area contributed by atoms with Gasteiger partial charge < -0.3 is 10.3 Å². The molecule has 2 rings (SSSR count). The highest BCUT2D eigenvalue weighted by Crippen LogP contribution is 2.09. The van der Waals surface area contributed by atoms with Crippen molar-refractivity contribution in [3.05, 3.63) is 40.3 Å². The van der Waals surface area contributed by atoms with E-state index in [1.54, 1.807) is 15.4 Å². The first-order valence-electron chi connectivity index (χ1n) is 5.84. The van der Waals surface area contributed by atoms with Crippen LogP contribution in [0.2, 0.25) is 0 Å². The predicted molar refractivity (Wildman–Crippen MR) is 69.4 cm³/mol. The Morgan fingerprint density at radius 3 is 2.83 bits per heavy atom. The fourth-order valence-electron chi connectivity index (χ4n) is 1.78. The molecule has 0 aromatic carbocycles. The van der Waals surface area contributed by atoms with Crippen molar-refractivity contribution in [3.8, 4) is 0 Å². The second kappa shape index (κ2) is 4.64. The third-order valence-corrected chi connectivity index (χ3v) is 2.82. The second-order valence-corrected chi connectivity index (χ2v) is 4.59. The number of aryl methyl sites for hydroxylation is 1. The van der Waals surface area contributed by atoms with Crippen molar-refractivity contribution < 1.29 is 0 Å². The van der Waals surface area contributed by atoms with Gasteiger partial charge in [0, 0.05) is 18.3 Å². The van der Waals surface area contributed by atoms with Crippen molar-refractivity contribution in [1.82, 2.24) is 19.3 Å². The molecule has 96 valence electrons. The summed E-state index contributed by atoms with van der Waals surface area (Å²) in [5.74, 6) is 0.746. The lowest BCUT2D eigenvalue weighted by atomic mass is 10.2. The Balaban J connectivity index is 2.37. The smallest absolute Gasteiger partial charge is 0.251 e. The highest BCUT2D eigenvalue weighted by atomic mass is 16.1. The van der Waals surface area contributed by atoms with E-state index in [1.165, 1.54) is 12.4 Å². The van der Waals surface area contributed by atoms with E-state index in [-0.39, 0.29) is 11.6 Å². The molecule has 2 N–H and O–H groups in total. The van der Waals surface area contributed by atoms with Crippen molar-refractivity contribution in [2.75, 3.05) is 5.73 Å². The lowest BCUT2D eigenvalue weighted by Crippen LogP contribution is -2.23. The van der Waals surface area contributed by atoms with E-state index >= 15 is 0 Å². The zero-order valence-corrected chi connectivity index (χ0v) is 10.8. The van der Waals surface area contributed by atoms with Gasteiger partial charge in [-0.1, -0.05) is 0 Å². The van der Waals surface area contributed by atoms with Crippen LogP contribution in [0, 0.1) is 6.92 Å². The minimum absolute atomic E-state index is 0.0833. The summed E-state index contributed by atoms with van der Waals surface area (Å²) < 4.78 is 3.34.